The van der Waals surface area contributed by atoms with Crippen LogP contribution in [0.15, 0.2) is 36.4 Å². The molecule has 0 aliphatic rings. The smallest absolute Gasteiger partial charge is 0.267 e. The number of nitro groups is 2. The summed E-state index contributed by atoms with van der Waals surface area (Å²) >= 11 is 11.3. The summed E-state index contributed by atoms with van der Waals surface area (Å²) in [5.74, 6) is -1.69. The van der Waals surface area contributed by atoms with Crippen LogP contribution in [0.3, 0.4) is 0 Å². The van der Waals surface area contributed by atoms with Gasteiger partial charge in [-0.3, -0.25) is 40.7 Å². The lowest BCUT2D eigenvalue weighted by Crippen LogP contribution is -2.41. The zero-order valence-electron chi connectivity index (χ0n) is 12.6. The molecule has 2 amide bonds. The van der Waals surface area contributed by atoms with Crippen molar-refractivity contribution in [3.8, 4) is 0 Å². The first-order valence-corrected chi connectivity index (χ1v) is 7.45. The van der Waals surface area contributed by atoms with E-state index in [-0.39, 0.29) is 21.2 Å². The minimum absolute atomic E-state index is 0.122. The van der Waals surface area contributed by atoms with E-state index in [9.17, 15) is 29.8 Å². The van der Waals surface area contributed by atoms with Gasteiger partial charge in [0.05, 0.1) is 9.85 Å². The third kappa shape index (κ3) is 4.23. The van der Waals surface area contributed by atoms with Crippen molar-refractivity contribution in [1.29, 1.82) is 0 Å². The van der Waals surface area contributed by atoms with Crippen molar-refractivity contribution in [2.24, 2.45) is 0 Å². The monoisotopic (exact) mass is 398 g/mol. The van der Waals surface area contributed by atoms with E-state index in [1.807, 2.05) is 10.9 Å². The summed E-state index contributed by atoms with van der Waals surface area (Å²) in [6.07, 6.45) is 0. The van der Waals surface area contributed by atoms with E-state index >= 15 is 0 Å². The van der Waals surface area contributed by atoms with Crippen LogP contribution >= 0.6 is 23.2 Å². The standard InChI is InChI=1S/C14H8Cl2N4O6/c15-9-3-1-7(5-11(9)19(23)24)13(21)17-18-14(22)8-2-4-10(16)12(6-8)20(25)26/h1-6H,(H,17,21)(H,18,22). The molecule has 2 aromatic carbocycles. The fourth-order valence-electron chi connectivity index (χ4n) is 1.85. The highest BCUT2D eigenvalue weighted by atomic mass is 35.5. The molecule has 2 aromatic rings. The van der Waals surface area contributed by atoms with Gasteiger partial charge in [-0.25, -0.2) is 0 Å². The normalized spacial score (nSPS) is 10.1. The summed E-state index contributed by atoms with van der Waals surface area (Å²) in [5, 5.41) is 21.3. The predicted octanol–water partition coefficient (Wildman–Crippen LogP) is 2.88. The van der Waals surface area contributed by atoms with Crippen LogP contribution in [0.1, 0.15) is 20.7 Å². The van der Waals surface area contributed by atoms with Crippen LogP contribution in [-0.2, 0) is 0 Å². The molecule has 12 heteroatoms. The Balaban J connectivity index is 2.11. The summed E-state index contributed by atoms with van der Waals surface area (Å²) in [6.45, 7) is 0. The van der Waals surface area contributed by atoms with Crippen LogP contribution in [0.2, 0.25) is 10.0 Å². The Morgan fingerprint density at radius 1 is 0.769 bits per heavy atom. The van der Waals surface area contributed by atoms with E-state index in [1.54, 1.807) is 0 Å². The van der Waals surface area contributed by atoms with Crippen molar-refractivity contribution >= 4 is 46.4 Å². The van der Waals surface area contributed by atoms with Crippen molar-refractivity contribution in [1.82, 2.24) is 10.9 Å². The van der Waals surface area contributed by atoms with Gasteiger partial charge in [0.15, 0.2) is 0 Å². The maximum absolute atomic E-state index is 12.0. The predicted molar refractivity (Wildman–Crippen MR) is 91.1 cm³/mol. The topological polar surface area (TPSA) is 144 Å². The molecule has 0 bridgehead atoms. The first-order valence-electron chi connectivity index (χ1n) is 6.69. The highest BCUT2D eigenvalue weighted by Gasteiger charge is 2.19. The molecule has 134 valence electrons. The quantitative estimate of drug-likeness (QED) is 0.597. The van der Waals surface area contributed by atoms with Gasteiger partial charge >= 0.3 is 0 Å². The van der Waals surface area contributed by atoms with Crippen LogP contribution in [0, 0.1) is 20.2 Å². The molecule has 26 heavy (non-hydrogen) atoms. The summed E-state index contributed by atoms with van der Waals surface area (Å²) in [5.41, 5.74) is 2.89. The third-order valence-corrected chi connectivity index (χ3v) is 3.74. The molecule has 0 spiro atoms. The van der Waals surface area contributed by atoms with Crippen molar-refractivity contribution in [2.75, 3.05) is 0 Å². The second kappa shape index (κ2) is 7.76. The fraction of sp³-hybridized carbons (Fsp3) is 0. The summed E-state index contributed by atoms with van der Waals surface area (Å²) in [6, 6.07) is 6.67. The number of carbonyl (C=O) groups excluding carboxylic acids is 2. The molecule has 0 aliphatic carbocycles. The lowest BCUT2D eigenvalue weighted by Gasteiger charge is -2.08. The fourth-order valence-corrected chi connectivity index (χ4v) is 2.22. The molecule has 2 rings (SSSR count). The average Bonchev–Trinajstić information content (AvgIpc) is 2.59. The van der Waals surface area contributed by atoms with Gasteiger partial charge in [-0.2, -0.15) is 0 Å². The van der Waals surface area contributed by atoms with E-state index < -0.39 is 33.0 Å². The van der Waals surface area contributed by atoms with Crippen LogP contribution < -0.4 is 10.9 Å². The Labute approximate surface area is 155 Å². The van der Waals surface area contributed by atoms with E-state index in [4.69, 9.17) is 23.2 Å². The third-order valence-electron chi connectivity index (χ3n) is 3.10. The number of hydrogen-bond acceptors (Lipinski definition) is 6. The molecule has 10 nitrogen and oxygen atoms in total. The highest BCUT2D eigenvalue weighted by molar-refractivity contribution is 6.33. The lowest BCUT2D eigenvalue weighted by atomic mass is 10.2. The van der Waals surface area contributed by atoms with E-state index in [1.165, 1.54) is 24.3 Å². The van der Waals surface area contributed by atoms with Gasteiger partial charge in [0.25, 0.3) is 23.2 Å². The molecule has 0 fully saturated rings. The Bertz CT molecular complexity index is 858. The maximum atomic E-state index is 12.0. The summed E-state index contributed by atoms with van der Waals surface area (Å²) in [7, 11) is 0. The minimum Gasteiger partial charge on any atom is -0.267 e. The first kappa shape index (κ1) is 19.1. The SMILES string of the molecule is O=C(NNC(=O)c1ccc(Cl)c([N+](=O)[O-])c1)c1ccc(Cl)c([N+](=O)[O-])c1. The lowest BCUT2D eigenvalue weighted by molar-refractivity contribution is -0.384. The zero-order chi connectivity index (χ0) is 19.4. The number of nitrogens with one attached hydrogen (secondary N) is 2. The molecule has 2 N–H and O–H groups in total. The van der Waals surface area contributed by atoms with Gasteiger partial charge in [0.1, 0.15) is 10.0 Å². The molecule has 0 heterocycles. The van der Waals surface area contributed by atoms with Gasteiger partial charge in [-0.15, -0.1) is 0 Å². The second-order valence-electron chi connectivity index (χ2n) is 4.75. The van der Waals surface area contributed by atoms with E-state index in [2.05, 4.69) is 0 Å². The van der Waals surface area contributed by atoms with Crippen LogP contribution in [0.4, 0.5) is 11.4 Å². The molecule has 0 atom stereocenters. The van der Waals surface area contributed by atoms with Crippen LogP contribution in [0.25, 0.3) is 0 Å². The number of hydrazine groups is 1. The summed E-state index contributed by atoms with van der Waals surface area (Å²) in [4.78, 5) is 44.1. The number of nitro benzene ring substituents is 2. The Hall–Kier alpha value is -3.24. The van der Waals surface area contributed by atoms with Crippen LogP contribution in [0.5, 0.6) is 0 Å². The number of rotatable bonds is 4. The van der Waals surface area contributed by atoms with Gasteiger partial charge in [-0.05, 0) is 24.3 Å². The molecular formula is C14H8Cl2N4O6. The average molecular weight is 399 g/mol. The Morgan fingerprint density at radius 3 is 1.42 bits per heavy atom. The van der Waals surface area contributed by atoms with Gasteiger partial charge in [-0.1, -0.05) is 23.2 Å². The van der Waals surface area contributed by atoms with Gasteiger partial charge < -0.3 is 0 Å². The first-order chi connectivity index (χ1) is 12.2. The summed E-state index contributed by atoms with van der Waals surface area (Å²) < 4.78 is 0. The van der Waals surface area contributed by atoms with E-state index in [0.717, 1.165) is 12.1 Å². The molecule has 0 unspecified atom stereocenters. The van der Waals surface area contributed by atoms with Gasteiger partial charge in [0.2, 0.25) is 0 Å². The molecular weight excluding hydrogens is 391 g/mol. The number of carbonyl (C=O) groups is 2. The number of nitrogens with zero attached hydrogens (tertiary/aromatic N) is 2. The molecule has 0 saturated carbocycles. The highest BCUT2D eigenvalue weighted by Crippen LogP contribution is 2.26. The van der Waals surface area contributed by atoms with Crippen LogP contribution in [-0.4, -0.2) is 21.7 Å². The Morgan fingerprint density at radius 2 is 1.12 bits per heavy atom. The van der Waals surface area contributed by atoms with Gasteiger partial charge in [0, 0.05) is 23.3 Å². The van der Waals surface area contributed by atoms with E-state index in [0.29, 0.717) is 0 Å². The number of benzene rings is 2. The number of halogens is 2. The molecule has 0 aliphatic heterocycles. The molecule has 0 radical (unpaired) electrons. The molecule has 0 saturated heterocycles. The maximum Gasteiger partial charge on any atom is 0.288 e. The van der Waals surface area contributed by atoms with Crippen molar-refractivity contribution in [3.05, 3.63) is 77.8 Å². The molecule has 0 aromatic heterocycles. The Kier molecular flexibility index (Phi) is 5.70. The second-order valence-corrected chi connectivity index (χ2v) is 5.57. The number of hydrogen-bond donors (Lipinski definition) is 2. The van der Waals surface area contributed by atoms with Crippen molar-refractivity contribution in [2.45, 2.75) is 0 Å². The zero-order valence-corrected chi connectivity index (χ0v) is 14.1. The largest absolute Gasteiger partial charge is 0.288 e. The number of amides is 2. The van der Waals surface area contributed by atoms with Crippen molar-refractivity contribution in [3.63, 3.8) is 0 Å². The minimum atomic E-state index is -0.846. The van der Waals surface area contributed by atoms with Crippen molar-refractivity contribution < 1.29 is 19.4 Å².